The predicted octanol–water partition coefficient (Wildman–Crippen LogP) is 2.74. The molecular weight excluding hydrogens is 360 g/mol. The van der Waals surface area contributed by atoms with Crippen LogP contribution in [0.3, 0.4) is 0 Å². The van der Waals surface area contributed by atoms with Gasteiger partial charge in [-0.3, -0.25) is 0 Å². The molecule has 0 atom stereocenters. The molecule has 3 heterocycles. The van der Waals surface area contributed by atoms with Crippen molar-refractivity contribution < 1.29 is 13.9 Å². The quantitative estimate of drug-likeness (QED) is 0.578. The molecule has 2 aromatic heterocycles. The van der Waals surface area contributed by atoms with Crippen LogP contribution in [0.4, 0.5) is 0 Å². The minimum absolute atomic E-state index is 0.251. The molecule has 1 saturated heterocycles. The van der Waals surface area contributed by atoms with Gasteiger partial charge in [-0.05, 0) is 53.3 Å². The van der Waals surface area contributed by atoms with Crippen LogP contribution < -0.4 is 10.4 Å². The van der Waals surface area contributed by atoms with Crippen LogP contribution in [0.2, 0.25) is 0 Å². The van der Waals surface area contributed by atoms with Gasteiger partial charge in [0.1, 0.15) is 17.9 Å². The second-order valence-electron chi connectivity index (χ2n) is 7.12. The van der Waals surface area contributed by atoms with Crippen LogP contribution in [0.5, 0.6) is 5.75 Å². The first kappa shape index (κ1) is 18.6. The Morgan fingerprint density at radius 2 is 2.11 bits per heavy atom. The highest BCUT2D eigenvalue weighted by atomic mass is 16.5. The van der Waals surface area contributed by atoms with Gasteiger partial charge in [0.15, 0.2) is 5.82 Å². The Labute approximate surface area is 162 Å². The smallest absolute Gasteiger partial charge is 0.336 e. The van der Waals surface area contributed by atoms with Crippen LogP contribution in [0.15, 0.2) is 33.5 Å². The first-order valence-corrected chi connectivity index (χ1v) is 9.75. The molecule has 4 rings (SSSR count). The Balaban J connectivity index is 1.47. The van der Waals surface area contributed by atoms with Gasteiger partial charge in [-0.25, -0.2) is 9.48 Å². The van der Waals surface area contributed by atoms with Crippen LogP contribution in [-0.2, 0) is 24.3 Å². The van der Waals surface area contributed by atoms with Gasteiger partial charge < -0.3 is 13.9 Å². The van der Waals surface area contributed by atoms with E-state index in [2.05, 4.69) is 22.4 Å². The van der Waals surface area contributed by atoms with Gasteiger partial charge in [0.25, 0.3) is 0 Å². The SMILES string of the molecule is CCCc1cc(=O)oc2cc(OCc3nnnn3CC3CCOCC3)ccc12. The number of fused-ring (bicyclic) bond motifs is 1. The fraction of sp³-hybridized carbons (Fsp3) is 0.500. The first-order chi connectivity index (χ1) is 13.7. The van der Waals surface area contributed by atoms with E-state index in [0.717, 1.165) is 56.4 Å². The molecule has 1 aromatic carbocycles. The number of aromatic nitrogens is 4. The van der Waals surface area contributed by atoms with E-state index in [-0.39, 0.29) is 12.2 Å². The number of benzene rings is 1. The summed E-state index contributed by atoms with van der Waals surface area (Å²) < 4.78 is 18.4. The highest BCUT2D eigenvalue weighted by Gasteiger charge is 2.17. The Morgan fingerprint density at radius 1 is 1.25 bits per heavy atom. The summed E-state index contributed by atoms with van der Waals surface area (Å²) >= 11 is 0. The Morgan fingerprint density at radius 3 is 2.93 bits per heavy atom. The monoisotopic (exact) mass is 384 g/mol. The number of nitrogens with zero attached hydrogens (tertiary/aromatic N) is 4. The van der Waals surface area contributed by atoms with Gasteiger partial charge in [-0.2, -0.15) is 0 Å². The number of tetrazole rings is 1. The molecule has 1 aliphatic heterocycles. The van der Waals surface area contributed by atoms with Gasteiger partial charge in [-0.15, -0.1) is 5.10 Å². The van der Waals surface area contributed by atoms with Crippen molar-refractivity contribution in [2.75, 3.05) is 13.2 Å². The predicted molar refractivity (Wildman–Crippen MR) is 102 cm³/mol. The maximum absolute atomic E-state index is 11.8. The van der Waals surface area contributed by atoms with E-state index >= 15 is 0 Å². The lowest BCUT2D eigenvalue weighted by Crippen LogP contribution is -2.22. The molecule has 0 N–H and O–H groups in total. The lowest BCUT2D eigenvalue weighted by Gasteiger charge is -2.21. The van der Waals surface area contributed by atoms with E-state index < -0.39 is 0 Å². The zero-order valence-electron chi connectivity index (χ0n) is 16.0. The average Bonchev–Trinajstić information content (AvgIpc) is 3.14. The Kier molecular flexibility index (Phi) is 5.66. The molecule has 1 fully saturated rings. The van der Waals surface area contributed by atoms with E-state index in [9.17, 15) is 4.79 Å². The van der Waals surface area contributed by atoms with Crippen molar-refractivity contribution in [3.63, 3.8) is 0 Å². The molecule has 148 valence electrons. The molecule has 0 spiro atoms. The zero-order chi connectivity index (χ0) is 19.3. The first-order valence-electron chi connectivity index (χ1n) is 9.75. The molecule has 28 heavy (non-hydrogen) atoms. The molecule has 0 saturated carbocycles. The highest BCUT2D eigenvalue weighted by molar-refractivity contribution is 5.81. The summed E-state index contributed by atoms with van der Waals surface area (Å²) in [5.74, 6) is 1.81. The topological polar surface area (TPSA) is 92.3 Å². The number of hydrogen-bond acceptors (Lipinski definition) is 7. The van der Waals surface area contributed by atoms with Gasteiger partial charge in [-0.1, -0.05) is 13.3 Å². The van der Waals surface area contributed by atoms with Crippen LogP contribution in [-0.4, -0.2) is 33.4 Å². The molecule has 8 heteroatoms. The van der Waals surface area contributed by atoms with Crippen LogP contribution >= 0.6 is 0 Å². The van der Waals surface area contributed by atoms with Crippen molar-refractivity contribution in [1.82, 2.24) is 20.2 Å². The molecule has 0 amide bonds. The second-order valence-corrected chi connectivity index (χ2v) is 7.12. The minimum atomic E-state index is -0.339. The van der Waals surface area contributed by atoms with Crippen molar-refractivity contribution in [2.45, 2.75) is 45.8 Å². The summed E-state index contributed by atoms with van der Waals surface area (Å²) in [5.41, 5.74) is 1.20. The summed E-state index contributed by atoms with van der Waals surface area (Å²) in [5, 5.41) is 12.9. The normalized spacial score (nSPS) is 15.2. The molecule has 0 radical (unpaired) electrons. The van der Waals surface area contributed by atoms with Crippen molar-refractivity contribution in [2.24, 2.45) is 5.92 Å². The standard InChI is InChI=1S/C20H24N4O4/c1-2-3-15-10-20(25)28-18-11-16(4-5-17(15)18)27-13-19-21-22-23-24(19)12-14-6-8-26-9-7-14/h4-5,10-11,14H,2-3,6-9,12-13H2,1H3. The third-order valence-corrected chi connectivity index (χ3v) is 5.07. The van der Waals surface area contributed by atoms with Crippen LogP contribution in [0, 0.1) is 5.92 Å². The van der Waals surface area contributed by atoms with Crippen molar-refractivity contribution in [1.29, 1.82) is 0 Å². The van der Waals surface area contributed by atoms with E-state index in [1.54, 1.807) is 16.8 Å². The number of aryl methyl sites for hydroxylation is 1. The molecule has 0 unspecified atom stereocenters. The third-order valence-electron chi connectivity index (χ3n) is 5.07. The largest absolute Gasteiger partial charge is 0.485 e. The maximum atomic E-state index is 11.8. The second kappa shape index (κ2) is 8.52. The molecule has 3 aromatic rings. The lowest BCUT2D eigenvalue weighted by molar-refractivity contribution is 0.0593. The van der Waals surface area contributed by atoms with Crippen LogP contribution in [0.1, 0.15) is 37.6 Å². The third kappa shape index (κ3) is 4.22. The van der Waals surface area contributed by atoms with E-state index in [4.69, 9.17) is 13.9 Å². The van der Waals surface area contributed by atoms with Gasteiger partial charge >= 0.3 is 5.63 Å². The zero-order valence-corrected chi connectivity index (χ0v) is 16.0. The van der Waals surface area contributed by atoms with Crippen molar-refractivity contribution in [3.8, 4) is 5.75 Å². The summed E-state index contributed by atoms with van der Waals surface area (Å²) in [6.07, 6.45) is 3.84. The Hall–Kier alpha value is -2.74. The van der Waals surface area contributed by atoms with Crippen molar-refractivity contribution >= 4 is 11.0 Å². The molecule has 8 nitrogen and oxygen atoms in total. The van der Waals surface area contributed by atoms with E-state index in [1.165, 1.54) is 0 Å². The summed E-state index contributed by atoms with van der Waals surface area (Å²) in [4.78, 5) is 11.8. The lowest BCUT2D eigenvalue weighted by atomic mass is 10.0. The molecule has 1 aliphatic rings. The number of hydrogen-bond donors (Lipinski definition) is 0. The minimum Gasteiger partial charge on any atom is -0.485 e. The maximum Gasteiger partial charge on any atom is 0.336 e. The number of rotatable bonds is 7. The van der Waals surface area contributed by atoms with Gasteiger partial charge in [0.05, 0.1) is 0 Å². The fourth-order valence-corrected chi connectivity index (χ4v) is 3.57. The van der Waals surface area contributed by atoms with Crippen LogP contribution in [0.25, 0.3) is 11.0 Å². The average molecular weight is 384 g/mol. The number of ether oxygens (including phenoxy) is 2. The Bertz CT molecular complexity index is 991. The van der Waals surface area contributed by atoms with Gasteiger partial charge in [0.2, 0.25) is 0 Å². The molecule has 0 bridgehead atoms. The molecular formula is C20H24N4O4. The van der Waals surface area contributed by atoms with Gasteiger partial charge in [0, 0.05) is 37.3 Å². The summed E-state index contributed by atoms with van der Waals surface area (Å²) in [7, 11) is 0. The van der Waals surface area contributed by atoms with E-state index in [0.29, 0.717) is 23.1 Å². The van der Waals surface area contributed by atoms with Crippen molar-refractivity contribution in [3.05, 3.63) is 46.1 Å². The summed E-state index contributed by atoms with van der Waals surface area (Å²) in [6, 6.07) is 7.14. The molecule has 0 aliphatic carbocycles. The van der Waals surface area contributed by atoms with E-state index in [1.807, 2.05) is 12.1 Å². The summed E-state index contributed by atoms with van der Waals surface area (Å²) in [6.45, 7) is 4.69. The fourth-order valence-electron chi connectivity index (χ4n) is 3.57. The highest BCUT2D eigenvalue weighted by Crippen LogP contribution is 2.24.